The lowest BCUT2D eigenvalue weighted by Crippen LogP contribution is -2.48. The summed E-state index contributed by atoms with van der Waals surface area (Å²) < 4.78 is 33.1. The van der Waals surface area contributed by atoms with Crippen molar-refractivity contribution < 1.29 is 13.6 Å². The monoisotopic (exact) mass is 411 g/mol. The van der Waals surface area contributed by atoms with Crippen molar-refractivity contribution in [2.45, 2.75) is 12.8 Å². The lowest BCUT2D eigenvalue weighted by molar-refractivity contribution is -0.120. The number of nitrogens with one attached hydrogen (secondary N) is 1. The molecule has 1 aliphatic rings. The Morgan fingerprint density at radius 3 is 2.87 bits per heavy atom. The molecule has 1 atom stereocenters. The summed E-state index contributed by atoms with van der Waals surface area (Å²) in [5, 5.41) is 11.7. The fraction of sp³-hybridized carbons (Fsp3) is 0.300. The molecule has 0 spiro atoms. The third-order valence-corrected chi connectivity index (χ3v) is 5.59. The normalized spacial score (nSPS) is 15.7. The highest BCUT2D eigenvalue weighted by Crippen LogP contribution is 2.33. The van der Waals surface area contributed by atoms with Crippen LogP contribution in [-0.2, 0) is 11.8 Å². The van der Waals surface area contributed by atoms with Crippen LogP contribution in [0, 0.1) is 11.6 Å². The van der Waals surface area contributed by atoms with Crippen molar-refractivity contribution in [1.29, 1.82) is 0 Å². The van der Waals surface area contributed by atoms with E-state index in [0.29, 0.717) is 35.8 Å². The number of halogens is 2. The van der Waals surface area contributed by atoms with Gasteiger partial charge in [0, 0.05) is 37.7 Å². The number of imidazole rings is 1. The summed E-state index contributed by atoms with van der Waals surface area (Å²) in [5.74, 6) is -1.39. The van der Waals surface area contributed by atoms with E-state index in [2.05, 4.69) is 20.5 Å². The molecule has 8 nitrogen and oxygen atoms in total. The Kier molecular flexibility index (Phi) is 4.16. The minimum Gasteiger partial charge on any atom is -0.353 e. The molecule has 4 heterocycles. The van der Waals surface area contributed by atoms with E-state index in [0.717, 1.165) is 0 Å². The summed E-state index contributed by atoms with van der Waals surface area (Å²) in [6.45, 7) is 3.09. The molecular formula is C20H19F2N7O. The molecule has 1 unspecified atom stereocenters. The van der Waals surface area contributed by atoms with Gasteiger partial charge < -0.3 is 10.2 Å². The number of nitrogens with zero attached hydrogens (tertiary/aromatic N) is 6. The number of benzene rings is 1. The molecule has 0 aliphatic carbocycles. The lowest BCUT2D eigenvalue weighted by atomic mass is 9.95. The fourth-order valence-electron chi connectivity index (χ4n) is 3.96. The molecule has 1 aliphatic heterocycles. The molecule has 1 saturated heterocycles. The SMILES string of the molecule is CC(c1c(F)cc2c(cnn2C)c1F)c1cnc2ccc(N3CCNC(=O)C3)nn12. The highest BCUT2D eigenvalue weighted by atomic mass is 19.1. The smallest absolute Gasteiger partial charge is 0.239 e. The van der Waals surface area contributed by atoms with Crippen LogP contribution in [0.3, 0.4) is 0 Å². The van der Waals surface area contributed by atoms with Crippen molar-refractivity contribution in [2.24, 2.45) is 7.05 Å². The zero-order valence-electron chi connectivity index (χ0n) is 16.4. The van der Waals surface area contributed by atoms with Crippen molar-refractivity contribution in [3.05, 3.63) is 53.5 Å². The molecule has 4 aromatic rings. The number of anilines is 1. The van der Waals surface area contributed by atoms with E-state index in [1.165, 1.54) is 16.9 Å². The standard InChI is InChI=1S/C20H19F2N7O/c1-11(19-13(21)7-14-12(20(19)22)8-25-27(14)2)15-9-24-16-3-4-17(26-29(15)16)28-6-5-23-18(30)10-28/h3-4,7-9,11H,5-6,10H2,1-2H3,(H,23,30). The molecule has 3 aromatic heterocycles. The number of carbonyl (C=O) groups is 1. The van der Waals surface area contributed by atoms with Gasteiger partial charge in [0.05, 0.1) is 35.5 Å². The van der Waals surface area contributed by atoms with Crippen LogP contribution in [0.25, 0.3) is 16.6 Å². The Morgan fingerprint density at radius 2 is 2.07 bits per heavy atom. The summed E-state index contributed by atoms with van der Waals surface area (Å²) in [4.78, 5) is 17.9. The minimum absolute atomic E-state index is 0.0538. The summed E-state index contributed by atoms with van der Waals surface area (Å²) in [6.07, 6.45) is 2.97. The fourth-order valence-corrected chi connectivity index (χ4v) is 3.96. The van der Waals surface area contributed by atoms with Gasteiger partial charge in [-0.05, 0) is 12.1 Å². The molecule has 154 valence electrons. The summed E-state index contributed by atoms with van der Waals surface area (Å²) >= 11 is 0. The number of hydrogen-bond acceptors (Lipinski definition) is 5. The van der Waals surface area contributed by atoms with E-state index in [1.807, 2.05) is 4.90 Å². The number of carbonyl (C=O) groups excluding carboxylic acids is 1. The van der Waals surface area contributed by atoms with Gasteiger partial charge in [0.1, 0.15) is 17.5 Å². The molecule has 1 N–H and O–H groups in total. The molecule has 1 aromatic carbocycles. The quantitative estimate of drug-likeness (QED) is 0.558. The van der Waals surface area contributed by atoms with E-state index < -0.39 is 17.6 Å². The number of amides is 1. The van der Waals surface area contributed by atoms with Gasteiger partial charge in [0.25, 0.3) is 0 Å². The molecule has 30 heavy (non-hydrogen) atoms. The van der Waals surface area contributed by atoms with Crippen LogP contribution in [-0.4, -0.2) is 49.9 Å². The average Bonchev–Trinajstić information content (AvgIpc) is 3.31. The van der Waals surface area contributed by atoms with Crippen LogP contribution in [0.1, 0.15) is 24.1 Å². The first kappa shape index (κ1) is 18.5. The van der Waals surface area contributed by atoms with Gasteiger partial charge in [-0.1, -0.05) is 6.92 Å². The van der Waals surface area contributed by atoms with Crippen molar-refractivity contribution in [3.63, 3.8) is 0 Å². The molecule has 0 saturated carbocycles. The second kappa shape index (κ2) is 6.75. The van der Waals surface area contributed by atoms with Gasteiger partial charge in [-0.15, -0.1) is 5.10 Å². The van der Waals surface area contributed by atoms with Crippen molar-refractivity contribution in [1.82, 2.24) is 29.7 Å². The Bertz CT molecular complexity index is 1300. The minimum atomic E-state index is -0.644. The second-order valence-electron chi connectivity index (χ2n) is 7.42. The van der Waals surface area contributed by atoms with Gasteiger partial charge in [0.15, 0.2) is 5.65 Å². The first-order chi connectivity index (χ1) is 14.4. The van der Waals surface area contributed by atoms with Crippen LogP contribution in [0.5, 0.6) is 0 Å². The predicted molar refractivity (Wildman–Crippen MR) is 106 cm³/mol. The van der Waals surface area contributed by atoms with E-state index in [4.69, 9.17) is 0 Å². The molecule has 10 heteroatoms. The van der Waals surface area contributed by atoms with Crippen molar-refractivity contribution in [3.8, 4) is 0 Å². The zero-order valence-corrected chi connectivity index (χ0v) is 16.4. The highest BCUT2D eigenvalue weighted by Gasteiger charge is 2.25. The number of piperazine rings is 1. The molecule has 1 fully saturated rings. The first-order valence-electron chi connectivity index (χ1n) is 9.60. The molecule has 1 amide bonds. The van der Waals surface area contributed by atoms with E-state index >= 15 is 4.39 Å². The number of aromatic nitrogens is 5. The van der Waals surface area contributed by atoms with Gasteiger partial charge in [-0.25, -0.2) is 18.3 Å². The molecule has 5 rings (SSSR count). The van der Waals surface area contributed by atoms with Gasteiger partial charge >= 0.3 is 0 Å². The molecular weight excluding hydrogens is 392 g/mol. The highest BCUT2D eigenvalue weighted by molar-refractivity contribution is 5.82. The van der Waals surface area contributed by atoms with Crippen molar-refractivity contribution >= 4 is 28.3 Å². The third-order valence-electron chi connectivity index (χ3n) is 5.59. The zero-order chi connectivity index (χ0) is 21.0. The second-order valence-corrected chi connectivity index (χ2v) is 7.42. The summed E-state index contributed by atoms with van der Waals surface area (Å²) in [6, 6.07) is 4.87. The summed E-state index contributed by atoms with van der Waals surface area (Å²) in [5.41, 5.74) is 1.45. The van der Waals surface area contributed by atoms with Gasteiger partial charge in [-0.3, -0.25) is 9.48 Å². The van der Waals surface area contributed by atoms with E-state index in [1.54, 1.807) is 36.8 Å². The van der Waals surface area contributed by atoms with Gasteiger partial charge in [0.2, 0.25) is 5.91 Å². The average molecular weight is 411 g/mol. The van der Waals surface area contributed by atoms with E-state index in [-0.39, 0.29) is 23.4 Å². The number of rotatable bonds is 3. The third kappa shape index (κ3) is 2.78. The Labute approximate surface area is 170 Å². The van der Waals surface area contributed by atoms with Crippen LogP contribution in [0.15, 0.2) is 30.6 Å². The topological polar surface area (TPSA) is 80.3 Å². The van der Waals surface area contributed by atoms with Crippen LogP contribution in [0.2, 0.25) is 0 Å². The number of hydrogen-bond donors (Lipinski definition) is 1. The van der Waals surface area contributed by atoms with Crippen LogP contribution >= 0.6 is 0 Å². The van der Waals surface area contributed by atoms with Crippen LogP contribution in [0.4, 0.5) is 14.6 Å². The molecule has 0 radical (unpaired) electrons. The Hall–Kier alpha value is -3.56. The maximum Gasteiger partial charge on any atom is 0.239 e. The largest absolute Gasteiger partial charge is 0.353 e. The van der Waals surface area contributed by atoms with Gasteiger partial charge in [-0.2, -0.15) is 5.10 Å². The van der Waals surface area contributed by atoms with Crippen LogP contribution < -0.4 is 10.2 Å². The maximum atomic E-state index is 15.2. The number of aryl methyl sites for hydroxylation is 1. The Balaban J connectivity index is 1.60. The number of fused-ring (bicyclic) bond motifs is 2. The van der Waals surface area contributed by atoms with E-state index in [9.17, 15) is 9.18 Å². The predicted octanol–water partition coefficient (Wildman–Crippen LogP) is 1.98. The summed E-state index contributed by atoms with van der Waals surface area (Å²) in [7, 11) is 1.64. The van der Waals surface area contributed by atoms with Crippen molar-refractivity contribution in [2.75, 3.05) is 24.5 Å². The molecule has 0 bridgehead atoms. The maximum absolute atomic E-state index is 15.2. The Morgan fingerprint density at radius 1 is 1.23 bits per heavy atom. The first-order valence-corrected chi connectivity index (χ1v) is 9.60. The lowest BCUT2D eigenvalue weighted by Gasteiger charge is -2.27.